The molecule has 0 bridgehead atoms. The Hall–Kier alpha value is -2.69. The third kappa shape index (κ3) is 8.36. The standard InChI is InChI=1S/C12H19N3O8/c1-5(12(22)23)14-11(21)7(2-3-8(16)17)15-10(20)6(13)4-9(18)19/h5-7H,2-4,13H2,1H3,(H,14,21)(H,15,20)(H,16,17)(H,18,19)(H,22,23)/t5-,6-,7-/m0/s1. The Bertz CT molecular complexity index is 493. The summed E-state index contributed by atoms with van der Waals surface area (Å²) in [6.45, 7) is 1.19. The van der Waals surface area contributed by atoms with Crippen LogP contribution in [0.5, 0.6) is 0 Å². The molecular weight excluding hydrogens is 314 g/mol. The van der Waals surface area contributed by atoms with Crippen LogP contribution in [0.4, 0.5) is 0 Å². The van der Waals surface area contributed by atoms with Crippen molar-refractivity contribution in [1.82, 2.24) is 10.6 Å². The van der Waals surface area contributed by atoms with Crippen LogP contribution in [0.15, 0.2) is 0 Å². The van der Waals surface area contributed by atoms with E-state index in [-0.39, 0.29) is 6.42 Å². The molecule has 130 valence electrons. The fourth-order valence-electron chi connectivity index (χ4n) is 1.47. The number of carbonyl (C=O) groups excluding carboxylic acids is 2. The zero-order chi connectivity index (χ0) is 18.2. The van der Waals surface area contributed by atoms with E-state index in [1.54, 1.807) is 0 Å². The molecule has 0 fully saturated rings. The van der Waals surface area contributed by atoms with Gasteiger partial charge in [0.2, 0.25) is 11.8 Å². The summed E-state index contributed by atoms with van der Waals surface area (Å²) in [5.41, 5.74) is 5.34. The summed E-state index contributed by atoms with van der Waals surface area (Å²) in [7, 11) is 0. The molecule has 0 aliphatic carbocycles. The van der Waals surface area contributed by atoms with Crippen molar-refractivity contribution >= 4 is 29.7 Å². The molecule has 0 aromatic heterocycles. The van der Waals surface area contributed by atoms with Gasteiger partial charge in [0, 0.05) is 6.42 Å². The molecule has 3 atom stereocenters. The maximum absolute atomic E-state index is 11.9. The molecule has 2 amide bonds. The minimum absolute atomic E-state index is 0.307. The van der Waals surface area contributed by atoms with Crippen molar-refractivity contribution in [2.24, 2.45) is 5.73 Å². The molecule has 11 nitrogen and oxygen atoms in total. The summed E-state index contributed by atoms with van der Waals surface area (Å²) in [4.78, 5) is 55.4. The van der Waals surface area contributed by atoms with E-state index in [0.717, 1.165) is 0 Å². The van der Waals surface area contributed by atoms with Crippen LogP contribution < -0.4 is 16.4 Å². The lowest BCUT2D eigenvalue weighted by atomic mass is 10.1. The van der Waals surface area contributed by atoms with Gasteiger partial charge in [0.15, 0.2) is 0 Å². The Labute approximate surface area is 130 Å². The predicted octanol–water partition coefficient (Wildman–Crippen LogP) is -2.27. The second-order valence-corrected chi connectivity index (χ2v) is 4.77. The van der Waals surface area contributed by atoms with Crippen molar-refractivity contribution < 1.29 is 39.3 Å². The fourth-order valence-corrected chi connectivity index (χ4v) is 1.47. The highest BCUT2D eigenvalue weighted by atomic mass is 16.4. The lowest BCUT2D eigenvalue weighted by molar-refractivity contribution is -0.142. The summed E-state index contributed by atoms with van der Waals surface area (Å²) in [6.07, 6.45) is -1.45. The van der Waals surface area contributed by atoms with Crippen molar-refractivity contribution in [1.29, 1.82) is 0 Å². The number of nitrogens with one attached hydrogen (secondary N) is 2. The van der Waals surface area contributed by atoms with Gasteiger partial charge in [-0.2, -0.15) is 0 Å². The summed E-state index contributed by atoms with van der Waals surface area (Å²) in [5.74, 6) is -5.72. The molecule has 0 heterocycles. The highest BCUT2D eigenvalue weighted by Gasteiger charge is 2.27. The van der Waals surface area contributed by atoms with Crippen molar-refractivity contribution in [3.8, 4) is 0 Å². The molecule has 0 unspecified atom stereocenters. The highest BCUT2D eigenvalue weighted by Crippen LogP contribution is 2.01. The highest BCUT2D eigenvalue weighted by molar-refractivity contribution is 5.93. The second-order valence-electron chi connectivity index (χ2n) is 4.77. The molecule has 0 aromatic carbocycles. The molecule has 11 heteroatoms. The van der Waals surface area contributed by atoms with Crippen LogP contribution in [0.25, 0.3) is 0 Å². The topological polar surface area (TPSA) is 196 Å². The van der Waals surface area contributed by atoms with Gasteiger partial charge in [-0.15, -0.1) is 0 Å². The smallest absolute Gasteiger partial charge is 0.325 e. The Balaban J connectivity index is 4.88. The fraction of sp³-hybridized carbons (Fsp3) is 0.583. The minimum atomic E-state index is -1.43. The number of nitrogens with two attached hydrogens (primary N) is 1. The van der Waals surface area contributed by atoms with Crippen LogP contribution in [-0.2, 0) is 24.0 Å². The van der Waals surface area contributed by atoms with Crippen LogP contribution in [0.1, 0.15) is 26.2 Å². The molecule has 0 spiro atoms. The van der Waals surface area contributed by atoms with Crippen molar-refractivity contribution in [3.63, 3.8) is 0 Å². The monoisotopic (exact) mass is 333 g/mol. The van der Waals surface area contributed by atoms with Crippen LogP contribution >= 0.6 is 0 Å². The lowest BCUT2D eigenvalue weighted by Crippen LogP contribution is -2.54. The first-order valence-corrected chi connectivity index (χ1v) is 6.57. The Morgan fingerprint density at radius 1 is 0.957 bits per heavy atom. The van der Waals surface area contributed by atoms with Gasteiger partial charge < -0.3 is 31.7 Å². The number of carboxylic acids is 3. The van der Waals surface area contributed by atoms with Gasteiger partial charge in [-0.25, -0.2) is 0 Å². The molecule has 23 heavy (non-hydrogen) atoms. The van der Waals surface area contributed by atoms with Gasteiger partial charge >= 0.3 is 17.9 Å². The first-order chi connectivity index (χ1) is 10.5. The Morgan fingerprint density at radius 2 is 1.52 bits per heavy atom. The van der Waals surface area contributed by atoms with E-state index in [1.807, 2.05) is 0 Å². The molecule has 0 saturated carbocycles. The van der Waals surface area contributed by atoms with Gasteiger partial charge in [-0.1, -0.05) is 0 Å². The number of rotatable bonds is 10. The van der Waals surface area contributed by atoms with E-state index >= 15 is 0 Å². The third-order valence-corrected chi connectivity index (χ3v) is 2.74. The van der Waals surface area contributed by atoms with Crippen LogP contribution in [0, 0.1) is 0 Å². The maximum Gasteiger partial charge on any atom is 0.325 e. The number of carboxylic acid groups (broad SMARTS) is 3. The molecule has 0 radical (unpaired) electrons. The predicted molar refractivity (Wildman–Crippen MR) is 74.3 cm³/mol. The number of hydrogen-bond donors (Lipinski definition) is 6. The zero-order valence-electron chi connectivity index (χ0n) is 12.3. The van der Waals surface area contributed by atoms with Crippen molar-refractivity contribution in [2.75, 3.05) is 0 Å². The third-order valence-electron chi connectivity index (χ3n) is 2.74. The molecule has 7 N–H and O–H groups in total. The first kappa shape index (κ1) is 20.3. The van der Waals surface area contributed by atoms with Crippen LogP contribution in [-0.4, -0.2) is 63.2 Å². The molecule has 0 aliphatic heterocycles. The van der Waals surface area contributed by atoms with Crippen LogP contribution in [0.2, 0.25) is 0 Å². The summed E-state index contributed by atoms with van der Waals surface area (Å²) < 4.78 is 0. The molecule has 0 aromatic rings. The maximum atomic E-state index is 11.9. The number of carbonyl (C=O) groups is 5. The number of hydrogen-bond acceptors (Lipinski definition) is 6. The van der Waals surface area contributed by atoms with Gasteiger partial charge in [0.25, 0.3) is 0 Å². The van der Waals surface area contributed by atoms with E-state index in [0.29, 0.717) is 0 Å². The molecule has 0 saturated heterocycles. The lowest BCUT2D eigenvalue weighted by Gasteiger charge is -2.21. The number of aliphatic carboxylic acids is 3. The van der Waals surface area contributed by atoms with E-state index in [4.69, 9.17) is 21.1 Å². The average molecular weight is 333 g/mol. The minimum Gasteiger partial charge on any atom is -0.481 e. The van der Waals surface area contributed by atoms with E-state index in [2.05, 4.69) is 10.6 Å². The number of amides is 2. The van der Waals surface area contributed by atoms with Gasteiger partial charge in [0.1, 0.15) is 12.1 Å². The SMILES string of the molecule is C[C@H](NC(=O)[C@H](CCC(=O)O)NC(=O)[C@@H](N)CC(=O)O)C(=O)O. The zero-order valence-corrected chi connectivity index (χ0v) is 12.3. The van der Waals surface area contributed by atoms with E-state index in [9.17, 15) is 24.0 Å². The first-order valence-electron chi connectivity index (χ1n) is 6.57. The average Bonchev–Trinajstić information content (AvgIpc) is 2.41. The van der Waals surface area contributed by atoms with Crippen LogP contribution in [0.3, 0.4) is 0 Å². The van der Waals surface area contributed by atoms with Crippen molar-refractivity contribution in [3.05, 3.63) is 0 Å². The Morgan fingerprint density at radius 3 is 1.96 bits per heavy atom. The summed E-state index contributed by atoms with van der Waals surface area (Å²) in [5, 5.41) is 30.1. The summed E-state index contributed by atoms with van der Waals surface area (Å²) in [6, 6.07) is -4.02. The summed E-state index contributed by atoms with van der Waals surface area (Å²) >= 11 is 0. The van der Waals surface area contributed by atoms with Gasteiger partial charge in [-0.3, -0.25) is 24.0 Å². The van der Waals surface area contributed by atoms with E-state index in [1.165, 1.54) is 6.92 Å². The molecular formula is C12H19N3O8. The van der Waals surface area contributed by atoms with Gasteiger partial charge in [0.05, 0.1) is 12.5 Å². The van der Waals surface area contributed by atoms with Gasteiger partial charge in [-0.05, 0) is 13.3 Å². The normalized spacial score (nSPS) is 14.2. The largest absolute Gasteiger partial charge is 0.481 e. The molecule has 0 aliphatic rings. The molecule has 0 rings (SSSR count). The van der Waals surface area contributed by atoms with Crippen molar-refractivity contribution in [2.45, 2.75) is 44.3 Å². The Kier molecular flexibility index (Phi) is 8.26. The quantitative estimate of drug-likeness (QED) is 0.255. The van der Waals surface area contributed by atoms with E-state index < -0.39 is 60.7 Å². The second kappa shape index (κ2) is 9.35.